The molecule has 2 aromatic rings. The molecule has 1 aromatic heterocycles. The molecule has 0 aliphatic rings. The van der Waals surface area contributed by atoms with E-state index >= 15 is 0 Å². The quantitative estimate of drug-likeness (QED) is 0.794. The van der Waals surface area contributed by atoms with Gasteiger partial charge in [-0.2, -0.15) is 0 Å². The average Bonchev–Trinajstić information content (AvgIpc) is 2.87. The number of rotatable bonds is 5. The largest absolute Gasteiger partial charge is 0.448 e. The fraction of sp³-hybridized carbons (Fsp3) is 0.200. The zero-order valence-electron chi connectivity index (χ0n) is 11.5. The first-order valence-electron chi connectivity index (χ1n) is 6.26. The molecule has 6 heteroatoms. The Balaban J connectivity index is 2.25. The minimum atomic E-state index is -0.516. The van der Waals surface area contributed by atoms with Gasteiger partial charge >= 0.3 is 0 Å². The lowest BCUT2D eigenvalue weighted by Crippen LogP contribution is -2.29. The number of carbonyl (C=O) groups is 1. The number of aryl methyl sites for hydroxylation is 1. The summed E-state index contributed by atoms with van der Waals surface area (Å²) in [6, 6.07) is 4.49. The molecule has 0 fully saturated rings. The van der Waals surface area contributed by atoms with Gasteiger partial charge in [-0.25, -0.2) is 9.37 Å². The summed E-state index contributed by atoms with van der Waals surface area (Å²) in [6.07, 6.45) is 2.51. The van der Waals surface area contributed by atoms with Gasteiger partial charge in [0.1, 0.15) is 17.3 Å². The molecule has 1 heterocycles. The van der Waals surface area contributed by atoms with Gasteiger partial charge in [0.2, 0.25) is 5.91 Å². The van der Waals surface area contributed by atoms with Crippen LogP contribution in [0.2, 0.25) is 5.02 Å². The van der Waals surface area contributed by atoms with Crippen LogP contribution in [-0.4, -0.2) is 15.8 Å². The third-order valence-electron chi connectivity index (χ3n) is 3.06. The van der Waals surface area contributed by atoms with Gasteiger partial charge in [-0.3, -0.25) is 4.79 Å². The maximum atomic E-state index is 13.5. The minimum Gasteiger partial charge on any atom is -0.448 e. The zero-order chi connectivity index (χ0) is 15.4. The van der Waals surface area contributed by atoms with Crippen LogP contribution in [0.3, 0.4) is 0 Å². The van der Waals surface area contributed by atoms with Gasteiger partial charge in [0.05, 0.1) is 11.6 Å². The molecule has 0 aliphatic heterocycles. The lowest BCUT2D eigenvalue weighted by Gasteiger charge is -2.21. The molecule has 0 bridgehead atoms. The SMILES string of the molecule is C=CC(=O)N(Cc1cccc(F)c1Cl)Cc1ncoc1C. The lowest BCUT2D eigenvalue weighted by atomic mass is 10.2. The third-order valence-corrected chi connectivity index (χ3v) is 3.49. The topological polar surface area (TPSA) is 46.3 Å². The van der Waals surface area contributed by atoms with E-state index in [0.29, 0.717) is 17.0 Å². The van der Waals surface area contributed by atoms with Crippen LogP contribution in [0.4, 0.5) is 4.39 Å². The van der Waals surface area contributed by atoms with E-state index in [1.54, 1.807) is 19.1 Å². The number of aromatic nitrogens is 1. The highest BCUT2D eigenvalue weighted by Crippen LogP contribution is 2.22. The molecule has 4 nitrogen and oxygen atoms in total. The molecule has 0 N–H and O–H groups in total. The van der Waals surface area contributed by atoms with Gasteiger partial charge in [-0.05, 0) is 24.6 Å². The molecule has 110 valence electrons. The molecule has 2 rings (SSSR count). The van der Waals surface area contributed by atoms with Crippen LogP contribution in [0.15, 0.2) is 41.7 Å². The molecule has 1 amide bonds. The Morgan fingerprint density at radius 1 is 1.52 bits per heavy atom. The van der Waals surface area contributed by atoms with Crippen LogP contribution in [0, 0.1) is 12.7 Å². The molecular weight excluding hydrogens is 295 g/mol. The fourth-order valence-electron chi connectivity index (χ4n) is 1.88. The molecule has 1 aromatic carbocycles. The number of benzene rings is 1. The van der Waals surface area contributed by atoms with Crippen LogP contribution in [-0.2, 0) is 17.9 Å². The summed E-state index contributed by atoms with van der Waals surface area (Å²) in [6.45, 7) is 5.63. The van der Waals surface area contributed by atoms with Crippen molar-refractivity contribution in [1.82, 2.24) is 9.88 Å². The van der Waals surface area contributed by atoms with Crippen LogP contribution in [0.5, 0.6) is 0 Å². The Morgan fingerprint density at radius 3 is 2.90 bits per heavy atom. The fourth-order valence-corrected chi connectivity index (χ4v) is 2.06. The highest BCUT2D eigenvalue weighted by Gasteiger charge is 2.17. The lowest BCUT2D eigenvalue weighted by molar-refractivity contribution is -0.127. The number of amides is 1. The summed E-state index contributed by atoms with van der Waals surface area (Å²) in [5, 5.41) is 0.0104. The first-order valence-corrected chi connectivity index (χ1v) is 6.64. The Bertz CT molecular complexity index is 669. The Hall–Kier alpha value is -2.14. The molecule has 0 aliphatic carbocycles. The van der Waals surface area contributed by atoms with Crippen molar-refractivity contribution in [2.24, 2.45) is 0 Å². The van der Waals surface area contributed by atoms with E-state index in [-0.39, 0.29) is 24.0 Å². The Morgan fingerprint density at radius 2 is 2.29 bits per heavy atom. The monoisotopic (exact) mass is 308 g/mol. The number of hydrogen-bond acceptors (Lipinski definition) is 3. The predicted molar refractivity (Wildman–Crippen MR) is 77.1 cm³/mol. The molecule has 0 unspecified atom stereocenters. The maximum absolute atomic E-state index is 13.5. The summed E-state index contributed by atoms with van der Waals surface area (Å²) in [7, 11) is 0. The van der Waals surface area contributed by atoms with Gasteiger partial charge in [-0.15, -0.1) is 0 Å². The number of hydrogen-bond donors (Lipinski definition) is 0. The molecule has 21 heavy (non-hydrogen) atoms. The van der Waals surface area contributed by atoms with E-state index in [1.165, 1.54) is 23.4 Å². The number of carbonyl (C=O) groups excluding carboxylic acids is 1. The van der Waals surface area contributed by atoms with E-state index in [4.69, 9.17) is 16.0 Å². The van der Waals surface area contributed by atoms with Crippen molar-refractivity contribution in [2.45, 2.75) is 20.0 Å². The summed E-state index contributed by atoms with van der Waals surface area (Å²) in [5.74, 6) is -0.183. The number of oxazole rings is 1. The molecule has 0 saturated carbocycles. The van der Waals surface area contributed by atoms with E-state index in [1.807, 2.05) is 0 Å². The van der Waals surface area contributed by atoms with Crippen molar-refractivity contribution in [1.29, 1.82) is 0 Å². The van der Waals surface area contributed by atoms with Gasteiger partial charge in [0, 0.05) is 6.54 Å². The van der Waals surface area contributed by atoms with Gasteiger partial charge in [0.15, 0.2) is 6.39 Å². The summed E-state index contributed by atoms with van der Waals surface area (Å²) < 4.78 is 18.6. The predicted octanol–water partition coefficient (Wildman–Crippen LogP) is 3.49. The molecule has 0 atom stereocenters. The van der Waals surface area contributed by atoms with Crippen molar-refractivity contribution >= 4 is 17.5 Å². The second-order valence-corrected chi connectivity index (χ2v) is 4.84. The summed E-state index contributed by atoms with van der Waals surface area (Å²) in [4.78, 5) is 17.5. The maximum Gasteiger partial charge on any atom is 0.246 e. The smallest absolute Gasteiger partial charge is 0.246 e. The third kappa shape index (κ3) is 3.49. The van der Waals surface area contributed by atoms with E-state index < -0.39 is 5.82 Å². The molecule has 0 radical (unpaired) electrons. The normalized spacial score (nSPS) is 10.4. The first kappa shape index (κ1) is 15.3. The Labute approximate surface area is 126 Å². The number of halogens is 2. The second kappa shape index (κ2) is 6.54. The van der Waals surface area contributed by atoms with Crippen LogP contribution in [0.1, 0.15) is 17.0 Å². The van der Waals surface area contributed by atoms with Crippen molar-refractivity contribution in [3.63, 3.8) is 0 Å². The Kier molecular flexibility index (Phi) is 4.75. The zero-order valence-corrected chi connectivity index (χ0v) is 12.2. The van der Waals surface area contributed by atoms with Gasteiger partial charge < -0.3 is 9.32 Å². The van der Waals surface area contributed by atoms with Gasteiger partial charge in [-0.1, -0.05) is 30.3 Å². The van der Waals surface area contributed by atoms with Crippen molar-refractivity contribution in [3.8, 4) is 0 Å². The number of nitrogens with zero attached hydrogens (tertiary/aromatic N) is 2. The first-order chi connectivity index (χ1) is 10.0. The van der Waals surface area contributed by atoms with Crippen molar-refractivity contribution < 1.29 is 13.6 Å². The van der Waals surface area contributed by atoms with E-state index in [0.717, 1.165) is 0 Å². The second-order valence-electron chi connectivity index (χ2n) is 4.47. The average molecular weight is 309 g/mol. The minimum absolute atomic E-state index is 0.0104. The molecule has 0 spiro atoms. The molecule has 0 saturated heterocycles. The summed E-state index contributed by atoms with van der Waals surface area (Å²) >= 11 is 5.93. The standard InChI is InChI=1S/C15H14ClFN2O2/c1-3-14(20)19(8-13-10(2)21-9-18-13)7-11-5-4-6-12(17)15(11)16/h3-6,9H,1,7-8H2,2H3. The highest BCUT2D eigenvalue weighted by molar-refractivity contribution is 6.31. The van der Waals surface area contributed by atoms with Crippen LogP contribution >= 0.6 is 11.6 Å². The molecular formula is C15H14ClFN2O2. The van der Waals surface area contributed by atoms with E-state index in [2.05, 4.69) is 11.6 Å². The van der Waals surface area contributed by atoms with Crippen LogP contribution in [0.25, 0.3) is 0 Å². The van der Waals surface area contributed by atoms with Crippen LogP contribution < -0.4 is 0 Å². The summed E-state index contributed by atoms with van der Waals surface area (Å²) in [5.41, 5.74) is 1.16. The van der Waals surface area contributed by atoms with Crippen molar-refractivity contribution in [3.05, 3.63) is 65.1 Å². The van der Waals surface area contributed by atoms with E-state index in [9.17, 15) is 9.18 Å². The highest BCUT2D eigenvalue weighted by atomic mass is 35.5. The van der Waals surface area contributed by atoms with Crippen molar-refractivity contribution in [2.75, 3.05) is 0 Å². The van der Waals surface area contributed by atoms with Gasteiger partial charge in [0.25, 0.3) is 0 Å².